The number of benzene rings is 1. The molecule has 0 aliphatic heterocycles. The molecule has 15 heavy (non-hydrogen) atoms. The first kappa shape index (κ1) is 13.7. The second-order valence-electron chi connectivity index (χ2n) is 3.50. The lowest BCUT2D eigenvalue weighted by Crippen LogP contribution is -1.98. The van der Waals surface area contributed by atoms with Crippen LogP contribution in [0, 0.1) is 0 Å². The minimum absolute atomic E-state index is 0. The molecule has 1 aromatic carbocycles. The van der Waals surface area contributed by atoms with Crippen molar-refractivity contribution in [2.45, 2.75) is 32.6 Å². The summed E-state index contributed by atoms with van der Waals surface area (Å²) in [6.07, 6.45) is 3.91. The van der Waals surface area contributed by atoms with E-state index in [1.54, 1.807) is 24.3 Å². The van der Waals surface area contributed by atoms with Crippen LogP contribution in [0.4, 0.5) is 5.69 Å². The number of unbranched alkanes of at least 4 members (excludes halogenated alkanes) is 2. The third-order valence-corrected chi connectivity index (χ3v) is 2.24. The van der Waals surface area contributed by atoms with Crippen molar-refractivity contribution < 1.29 is 10.3 Å². The molecule has 1 aromatic rings. The summed E-state index contributed by atoms with van der Waals surface area (Å²) >= 11 is 0. The van der Waals surface area contributed by atoms with Gasteiger partial charge in [-0.1, -0.05) is 19.8 Å². The van der Waals surface area contributed by atoms with E-state index < -0.39 is 0 Å². The van der Waals surface area contributed by atoms with E-state index in [0.717, 1.165) is 24.8 Å². The molecule has 0 aliphatic carbocycles. The first-order valence-corrected chi connectivity index (χ1v) is 5.12. The number of Topliss-reactive ketones (excluding diaryl/α,β-unsaturated/α-hetero) is 1. The quantitative estimate of drug-likeness (QED) is 0.458. The van der Waals surface area contributed by atoms with Crippen molar-refractivity contribution in [3.8, 4) is 0 Å². The minimum Gasteiger partial charge on any atom is -0.412 e. The van der Waals surface area contributed by atoms with Crippen LogP contribution >= 0.6 is 0 Å². The van der Waals surface area contributed by atoms with E-state index in [2.05, 4.69) is 6.92 Å². The predicted octanol–water partition coefficient (Wildman–Crippen LogP) is 2.21. The monoisotopic (exact) mass is 209 g/mol. The van der Waals surface area contributed by atoms with E-state index in [9.17, 15) is 4.79 Å². The Morgan fingerprint density at radius 3 is 2.33 bits per heavy atom. The van der Waals surface area contributed by atoms with Gasteiger partial charge in [-0.25, -0.2) is 0 Å². The number of carbonyl (C=O) groups excluding carboxylic acids is 1. The summed E-state index contributed by atoms with van der Waals surface area (Å²) in [7, 11) is 0. The molecule has 1 rings (SSSR count). The number of nitrogens with two attached hydrogens (primary N) is 1. The van der Waals surface area contributed by atoms with Crippen molar-refractivity contribution in [3.63, 3.8) is 0 Å². The Bertz CT molecular complexity index is 293. The number of carbonyl (C=O) groups is 1. The zero-order chi connectivity index (χ0) is 10.4. The van der Waals surface area contributed by atoms with Crippen LogP contribution in [0.25, 0.3) is 0 Å². The molecule has 0 aromatic heterocycles. The molecule has 0 unspecified atom stereocenters. The van der Waals surface area contributed by atoms with Crippen LogP contribution in [0.5, 0.6) is 0 Å². The molecule has 0 heterocycles. The number of ketones is 1. The van der Waals surface area contributed by atoms with Crippen molar-refractivity contribution in [2.75, 3.05) is 5.73 Å². The molecule has 4 N–H and O–H groups in total. The zero-order valence-corrected chi connectivity index (χ0v) is 9.12. The maximum Gasteiger partial charge on any atom is 0.162 e. The van der Waals surface area contributed by atoms with E-state index in [4.69, 9.17) is 5.73 Å². The van der Waals surface area contributed by atoms with Gasteiger partial charge in [0.25, 0.3) is 0 Å². The Balaban J connectivity index is 0.00000196. The van der Waals surface area contributed by atoms with E-state index in [1.165, 1.54) is 0 Å². The normalized spacial score (nSPS) is 9.40. The van der Waals surface area contributed by atoms with Gasteiger partial charge in [0.05, 0.1) is 0 Å². The Labute approximate surface area is 90.6 Å². The summed E-state index contributed by atoms with van der Waals surface area (Å²) in [6.45, 7) is 2.13. The lowest BCUT2D eigenvalue weighted by molar-refractivity contribution is 0.0979. The first-order chi connectivity index (χ1) is 6.74. The summed E-state index contributed by atoms with van der Waals surface area (Å²) < 4.78 is 0. The van der Waals surface area contributed by atoms with Crippen molar-refractivity contribution in [1.82, 2.24) is 0 Å². The Morgan fingerprint density at radius 2 is 1.80 bits per heavy atom. The molecule has 0 fully saturated rings. The number of anilines is 1. The van der Waals surface area contributed by atoms with Gasteiger partial charge in [0, 0.05) is 17.7 Å². The van der Waals surface area contributed by atoms with Crippen LogP contribution in [0.1, 0.15) is 43.0 Å². The van der Waals surface area contributed by atoms with Crippen LogP contribution in [0.15, 0.2) is 24.3 Å². The standard InChI is InChI=1S/C12H17NO.H2O/c1-2-3-4-5-12(14)10-6-8-11(13)9-7-10;/h6-9H,2-5,13H2,1H3;1H2. The van der Waals surface area contributed by atoms with E-state index >= 15 is 0 Å². The fraction of sp³-hybridized carbons (Fsp3) is 0.417. The second-order valence-corrected chi connectivity index (χ2v) is 3.50. The predicted molar refractivity (Wildman–Crippen MR) is 62.9 cm³/mol. The van der Waals surface area contributed by atoms with Gasteiger partial charge in [-0.05, 0) is 30.7 Å². The lowest BCUT2D eigenvalue weighted by Gasteiger charge is -2.00. The largest absolute Gasteiger partial charge is 0.412 e. The van der Waals surface area contributed by atoms with Gasteiger partial charge in [-0.2, -0.15) is 0 Å². The summed E-state index contributed by atoms with van der Waals surface area (Å²) in [5, 5.41) is 0. The van der Waals surface area contributed by atoms with Gasteiger partial charge in [-0.15, -0.1) is 0 Å². The Hall–Kier alpha value is -1.35. The van der Waals surface area contributed by atoms with Gasteiger partial charge in [0.15, 0.2) is 5.78 Å². The van der Waals surface area contributed by atoms with Gasteiger partial charge in [-0.3, -0.25) is 4.79 Å². The zero-order valence-electron chi connectivity index (χ0n) is 9.12. The second kappa shape index (κ2) is 7.01. The third-order valence-electron chi connectivity index (χ3n) is 2.24. The average molecular weight is 209 g/mol. The maximum absolute atomic E-state index is 11.6. The fourth-order valence-electron chi connectivity index (χ4n) is 1.35. The smallest absolute Gasteiger partial charge is 0.162 e. The molecular formula is C12H19NO2. The average Bonchev–Trinajstić information content (AvgIpc) is 2.19. The van der Waals surface area contributed by atoms with Crippen molar-refractivity contribution in [1.29, 1.82) is 0 Å². The molecule has 3 nitrogen and oxygen atoms in total. The van der Waals surface area contributed by atoms with Crippen LogP contribution in [-0.4, -0.2) is 11.3 Å². The molecule has 0 bridgehead atoms. The molecule has 84 valence electrons. The molecule has 0 radical (unpaired) electrons. The fourth-order valence-corrected chi connectivity index (χ4v) is 1.35. The van der Waals surface area contributed by atoms with Gasteiger partial charge >= 0.3 is 0 Å². The highest BCUT2D eigenvalue weighted by Crippen LogP contribution is 2.10. The maximum atomic E-state index is 11.6. The van der Waals surface area contributed by atoms with Crippen LogP contribution in [-0.2, 0) is 0 Å². The topological polar surface area (TPSA) is 74.6 Å². The number of hydrogen-bond acceptors (Lipinski definition) is 2. The molecular weight excluding hydrogens is 190 g/mol. The molecule has 0 amide bonds. The molecule has 0 saturated carbocycles. The molecule has 0 atom stereocenters. The third kappa shape index (κ3) is 4.61. The van der Waals surface area contributed by atoms with Crippen molar-refractivity contribution >= 4 is 11.5 Å². The molecule has 0 saturated heterocycles. The van der Waals surface area contributed by atoms with Gasteiger partial charge in [0.2, 0.25) is 0 Å². The van der Waals surface area contributed by atoms with Gasteiger partial charge < -0.3 is 11.2 Å². The summed E-state index contributed by atoms with van der Waals surface area (Å²) in [5.74, 6) is 0.221. The minimum atomic E-state index is 0. The SMILES string of the molecule is CCCCCC(=O)c1ccc(N)cc1.O. The molecule has 0 aliphatic rings. The molecule has 3 heteroatoms. The summed E-state index contributed by atoms with van der Waals surface area (Å²) in [6, 6.07) is 7.13. The highest BCUT2D eigenvalue weighted by Gasteiger charge is 2.03. The van der Waals surface area contributed by atoms with Crippen molar-refractivity contribution in [3.05, 3.63) is 29.8 Å². The van der Waals surface area contributed by atoms with Crippen molar-refractivity contribution in [2.24, 2.45) is 0 Å². The first-order valence-electron chi connectivity index (χ1n) is 5.12. The van der Waals surface area contributed by atoms with Gasteiger partial charge in [0.1, 0.15) is 0 Å². The Morgan fingerprint density at radius 1 is 1.20 bits per heavy atom. The lowest BCUT2D eigenvalue weighted by atomic mass is 10.0. The highest BCUT2D eigenvalue weighted by molar-refractivity contribution is 5.96. The van der Waals surface area contributed by atoms with Crippen LogP contribution < -0.4 is 5.73 Å². The number of nitrogen functional groups attached to an aromatic ring is 1. The summed E-state index contributed by atoms with van der Waals surface area (Å²) in [5.41, 5.74) is 7.01. The van der Waals surface area contributed by atoms with Crippen LogP contribution in [0.3, 0.4) is 0 Å². The summed E-state index contributed by atoms with van der Waals surface area (Å²) in [4.78, 5) is 11.6. The van der Waals surface area contributed by atoms with E-state index in [-0.39, 0.29) is 11.3 Å². The molecule has 0 spiro atoms. The Kier molecular flexibility index (Phi) is 6.38. The van der Waals surface area contributed by atoms with E-state index in [0.29, 0.717) is 12.1 Å². The number of hydrogen-bond donors (Lipinski definition) is 1. The number of rotatable bonds is 5. The highest BCUT2D eigenvalue weighted by atomic mass is 16.1. The van der Waals surface area contributed by atoms with E-state index in [1.807, 2.05) is 0 Å². The van der Waals surface area contributed by atoms with Crippen LogP contribution in [0.2, 0.25) is 0 Å².